The largest absolute Gasteiger partial charge is 0.341 e. The second-order valence-corrected chi connectivity index (χ2v) is 11.2. The van der Waals surface area contributed by atoms with Gasteiger partial charge >= 0.3 is 0 Å². The number of carbonyl (C=O) groups excluding carboxylic acids is 1. The van der Waals surface area contributed by atoms with Gasteiger partial charge in [-0.15, -0.1) is 0 Å². The molecular formula is C25H46N2O. The van der Waals surface area contributed by atoms with Crippen LogP contribution in [0.2, 0.25) is 0 Å². The summed E-state index contributed by atoms with van der Waals surface area (Å²) < 4.78 is 0. The molecule has 0 radical (unpaired) electrons. The van der Waals surface area contributed by atoms with Gasteiger partial charge in [0.05, 0.1) is 6.04 Å². The number of likely N-dealkylation sites (tertiary alicyclic amines) is 1. The molecule has 1 aliphatic heterocycles. The van der Waals surface area contributed by atoms with Crippen molar-refractivity contribution in [3.8, 4) is 0 Å². The van der Waals surface area contributed by atoms with Crippen molar-refractivity contribution in [1.82, 2.24) is 9.80 Å². The van der Waals surface area contributed by atoms with Crippen molar-refractivity contribution in [3.63, 3.8) is 0 Å². The summed E-state index contributed by atoms with van der Waals surface area (Å²) in [6, 6.07) is 1.09. The van der Waals surface area contributed by atoms with E-state index in [1.165, 1.54) is 64.2 Å². The van der Waals surface area contributed by atoms with E-state index in [4.69, 9.17) is 0 Å². The van der Waals surface area contributed by atoms with Crippen LogP contribution in [-0.4, -0.2) is 46.4 Å². The maximum atomic E-state index is 13.9. The summed E-state index contributed by atoms with van der Waals surface area (Å²) in [5.41, 5.74) is 0.0320. The van der Waals surface area contributed by atoms with E-state index in [1.54, 1.807) is 0 Å². The molecule has 3 aliphatic rings. The first kappa shape index (κ1) is 22.1. The highest BCUT2D eigenvalue weighted by Crippen LogP contribution is 2.47. The van der Waals surface area contributed by atoms with Crippen LogP contribution < -0.4 is 0 Å². The van der Waals surface area contributed by atoms with Crippen molar-refractivity contribution in [2.75, 3.05) is 7.05 Å². The number of nitrogens with zero attached hydrogens (tertiary/aromatic N) is 2. The Balaban J connectivity index is 1.91. The van der Waals surface area contributed by atoms with Crippen molar-refractivity contribution in [2.45, 2.75) is 129 Å². The third-order valence-corrected chi connectivity index (χ3v) is 8.35. The summed E-state index contributed by atoms with van der Waals surface area (Å²) in [4.78, 5) is 18.7. The first-order chi connectivity index (χ1) is 13.3. The van der Waals surface area contributed by atoms with Gasteiger partial charge in [-0.1, -0.05) is 58.8 Å². The highest BCUT2D eigenvalue weighted by molar-refractivity contribution is 5.82. The summed E-state index contributed by atoms with van der Waals surface area (Å²) in [6.07, 6.45) is 14.1. The fourth-order valence-corrected chi connectivity index (χ4v) is 6.75. The van der Waals surface area contributed by atoms with Crippen LogP contribution in [0.1, 0.15) is 105 Å². The average Bonchev–Trinajstić information content (AvgIpc) is 2.70. The quantitative estimate of drug-likeness (QED) is 0.599. The summed E-state index contributed by atoms with van der Waals surface area (Å²) >= 11 is 0. The lowest BCUT2D eigenvalue weighted by Gasteiger charge is -2.58. The predicted octanol–water partition coefficient (Wildman–Crippen LogP) is 5.87. The Bertz CT molecular complexity index is 519. The molecule has 28 heavy (non-hydrogen) atoms. The fourth-order valence-electron chi connectivity index (χ4n) is 6.75. The summed E-state index contributed by atoms with van der Waals surface area (Å²) in [6.45, 7) is 11.8. The van der Waals surface area contributed by atoms with Crippen LogP contribution in [-0.2, 0) is 4.79 Å². The molecule has 0 aromatic heterocycles. The number of hydrogen-bond donors (Lipinski definition) is 0. The maximum absolute atomic E-state index is 13.9. The predicted molar refractivity (Wildman–Crippen MR) is 118 cm³/mol. The molecule has 0 N–H and O–H groups in total. The maximum Gasteiger partial charge on any atom is 0.239 e. The molecule has 2 saturated carbocycles. The molecule has 3 heteroatoms. The Morgan fingerprint density at radius 3 is 2.25 bits per heavy atom. The normalized spacial score (nSPS) is 33.9. The lowest BCUT2D eigenvalue weighted by atomic mass is 9.64. The molecule has 5 atom stereocenters. The molecule has 0 spiro atoms. The van der Waals surface area contributed by atoms with Crippen LogP contribution in [0.3, 0.4) is 0 Å². The third kappa shape index (κ3) is 4.45. The Kier molecular flexibility index (Phi) is 7.16. The first-order valence-corrected chi connectivity index (χ1v) is 12.3. The van der Waals surface area contributed by atoms with E-state index in [2.05, 4.69) is 51.5 Å². The van der Waals surface area contributed by atoms with Gasteiger partial charge in [-0.25, -0.2) is 0 Å². The fraction of sp³-hybridized carbons (Fsp3) is 0.960. The Morgan fingerprint density at radius 2 is 1.64 bits per heavy atom. The summed E-state index contributed by atoms with van der Waals surface area (Å²) in [5.74, 6) is 2.60. The van der Waals surface area contributed by atoms with Gasteiger partial charge in [0.2, 0.25) is 5.91 Å². The monoisotopic (exact) mass is 390 g/mol. The zero-order chi connectivity index (χ0) is 20.5. The second kappa shape index (κ2) is 9.06. The molecule has 3 rings (SSSR count). The van der Waals surface area contributed by atoms with Crippen molar-refractivity contribution in [2.24, 2.45) is 17.8 Å². The van der Waals surface area contributed by atoms with Crippen LogP contribution in [0.25, 0.3) is 0 Å². The SMILES string of the molecule is CCC(C)C1C2CCCCC2CC(C(=O)N(C)C2CCCCC2)N1C(C)(C)C. The number of hydrogen-bond acceptors (Lipinski definition) is 2. The molecule has 0 bridgehead atoms. The molecule has 5 unspecified atom stereocenters. The van der Waals surface area contributed by atoms with Crippen molar-refractivity contribution in [3.05, 3.63) is 0 Å². The standard InChI is InChI=1S/C25H46N2O/c1-7-18(2)23-21-16-12-11-13-19(21)17-22(27(23)25(3,4)5)24(28)26(6)20-14-9-8-10-15-20/h18-23H,7-17H2,1-6H3. The number of piperidine rings is 1. The van der Waals surface area contributed by atoms with Gasteiger partial charge in [-0.05, 0) is 64.2 Å². The Morgan fingerprint density at radius 1 is 1.04 bits per heavy atom. The van der Waals surface area contributed by atoms with E-state index in [1.807, 2.05) is 0 Å². The number of likely N-dealkylation sites (N-methyl/N-ethyl adjacent to an activating group) is 1. The van der Waals surface area contributed by atoms with Crippen molar-refractivity contribution < 1.29 is 4.79 Å². The molecule has 3 nitrogen and oxygen atoms in total. The number of rotatable bonds is 4. The molecule has 2 aliphatic carbocycles. The molecule has 1 saturated heterocycles. The zero-order valence-corrected chi connectivity index (χ0v) is 19.5. The van der Waals surface area contributed by atoms with E-state index in [0.717, 1.165) is 18.3 Å². The number of fused-ring (bicyclic) bond motifs is 1. The minimum absolute atomic E-state index is 0.0320. The molecule has 0 aromatic rings. The minimum Gasteiger partial charge on any atom is -0.341 e. The number of carbonyl (C=O) groups is 1. The second-order valence-electron chi connectivity index (χ2n) is 11.2. The van der Waals surface area contributed by atoms with E-state index in [-0.39, 0.29) is 11.6 Å². The van der Waals surface area contributed by atoms with E-state index in [9.17, 15) is 4.79 Å². The van der Waals surface area contributed by atoms with Gasteiger partial charge in [0.1, 0.15) is 0 Å². The minimum atomic E-state index is 0.0320. The van der Waals surface area contributed by atoms with Crippen LogP contribution in [0.4, 0.5) is 0 Å². The van der Waals surface area contributed by atoms with Gasteiger partial charge in [0.15, 0.2) is 0 Å². The van der Waals surface area contributed by atoms with Gasteiger partial charge in [0.25, 0.3) is 0 Å². The van der Waals surface area contributed by atoms with E-state index >= 15 is 0 Å². The van der Waals surface area contributed by atoms with Crippen LogP contribution >= 0.6 is 0 Å². The van der Waals surface area contributed by atoms with Crippen molar-refractivity contribution in [1.29, 1.82) is 0 Å². The van der Waals surface area contributed by atoms with Gasteiger partial charge < -0.3 is 4.90 Å². The van der Waals surface area contributed by atoms with Gasteiger partial charge in [-0.3, -0.25) is 9.69 Å². The van der Waals surface area contributed by atoms with Gasteiger partial charge in [-0.2, -0.15) is 0 Å². The molecule has 1 amide bonds. The van der Waals surface area contributed by atoms with Crippen LogP contribution in [0.5, 0.6) is 0 Å². The molecule has 162 valence electrons. The first-order valence-electron chi connectivity index (χ1n) is 12.3. The summed E-state index contributed by atoms with van der Waals surface area (Å²) in [5, 5.41) is 0. The molecule has 3 fully saturated rings. The number of amides is 1. The third-order valence-electron chi connectivity index (χ3n) is 8.35. The lowest BCUT2D eigenvalue weighted by Crippen LogP contribution is -2.67. The summed E-state index contributed by atoms with van der Waals surface area (Å²) in [7, 11) is 2.10. The zero-order valence-electron chi connectivity index (χ0n) is 19.5. The topological polar surface area (TPSA) is 23.6 Å². The van der Waals surface area contributed by atoms with E-state index < -0.39 is 0 Å². The Hall–Kier alpha value is -0.570. The Labute approximate surface area is 174 Å². The van der Waals surface area contributed by atoms with E-state index in [0.29, 0.717) is 23.9 Å². The molecule has 0 aromatic carbocycles. The smallest absolute Gasteiger partial charge is 0.239 e. The molecular weight excluding hydrogens is 344 g/mol. The van der Waals surface area contributed by atoms with Crippen LogP contribution in [0.15, 0.2) is 0 Å². The highest BCUT2D eigenvalue weighted by Gasteiger charge is 2.51. The highest BCUT2D eigenvalue weighted by atomic mass is 16.2. The molecule has 1 heterocycles. The van der Waals surface area contributed by atoms with Gasteiger partial charge in [0, 0.05) is 24.7 Å². The average molecular weight is 391 g/mol. The van der Waals surface area contributed by atoms with Crippen LogP contribution in [0, 0.1) is 17.8 Å². The van der Waals surface area contributed by atoms with Crippen molar-refractivity contribution >= 4 is 5.91 Å². The lowest BCUT2D eigenvalue weighted by molar-refractivity contribution is -0.154.